The van der Waals surface area contributed by atoms with Gasteiger partial charge in [0.25, 0.3) is 0 Å². The fraction of sp³-hybridized carbons (Fsp3) is 0. The second-order valence-corrected chi connectivity index (χ2v) is 2.70. The zero-order chi connectivity index (χ0) is 8.97. The fourth-order valence-corrected chi connectivity index (χ4v) is 0.897. The van der Waals surface area contributed by atoms with Crippen LogP contribution in [0.5, 0.6) is 0 Å². The van der Waals surface area contributed by atoms with Gasteiger partial charge < -0.3 is 5.73 Å². The molecule has 0 amide bonds. The van der Waals surface area contributed by atoms with E-state index in [2.05, 4.69) is 0 Å². The summed E-state index contributed by atoms with van der Waals surface area (Å²) in [6.45, 7) is 0. The molecular formula is C9H8ClKN2. The van der Waals surface area contributed by atoms with Crippen LogP contribution in [0.15, 0.2) is 30.0 Å². The van der Waals surface area contributed by atoms with Crippen LogP contribution in [0.1, 0.15) is 5.56 Å². The van der Waals surface area contributed by atoms with Gasteiger partial charge in [-0.3, -0.25) is 0 Å². The average molecular weight is 219 g/mol. The van der Waals surface area contributed by atoms with E-state index in [1.165, 1.54) is 0 Å². The molecule has 0 aliphatic carbocycles. The summed E-state index contributed by atoms with van der Waals surface area (Å²) in [5, 5.41) is 9.05. The third-order valence-corrected chi connectivity index (χ3v) is 1.57. The van der Waals surface area contributed by atoms with Crippen molar-refractivity contribution in [2.24, 2.45) is 5.73 Å². The van der Waals surface area contributed by atoms with Crippen LogP contribution in [0, 0.1) is 11.3 Å². The molecule has 0 bridgehead atoms. The van der Waals surface area contributed by atoms with Gasteiger partial charge in [-0.25, -0.2) is 0 Å². The quantitative estimate of drug-likeness (QED) is 0.574. The van der Waals surface area contributed by atoms with Gasteiger partial charge in [0.2, 0.25) is 0 Å². The number of hydrogen-bond donors (Lipinski definition) is 1. The van der Waals surface area contributed by atoms with Crippen LogP contribution < -0.4 is 5.73 Å². The van der Waals surface area contributed by atoms with Crippen LogP contribution >= 0.6 is 11.6 Å². The molecule has 0 saturated heterocycles. The number of benzene rings is 1. The molecule has 0 aliphatic rings. The summed E-state index contributed by atoms with van der Waals surface area (Å²) in [6.07, 6.45) is 1.59. The summed E-state index contributed by atoms with van der Waals surface area (Å²) >= 11 is 5.67. The summed E-state index contributed by atoms with van der Waals surface area (Å²) in [7, 11) is 0. The van der Waals surface area contributed by atoms with E-state index < -0.39 is 0 Å². The van der Waals surface area contributed by atoms with Gasteiger partial charge >= 0.3 is 51.4 Å². The van der Waals surface area contributed by atoms with E-state index in [-0.39, 0.29) is 57.1 Å². The Bertz CT molecular complexity index is 338. The first-order chi connectivity index (χ1) is 5.72. The first kappa shape index (κ1) is 13.2. The van der Waals surface area contributed by atoms with Crippen LogP contribution in [0.2, 0.25) is 5.02 Å². The number of nitriles is 1. The molecule has 0 fully saturated rings. The summed E-state index contributed by atoms with van der Waals surface area (Å²) in [5.74, 6) is 0. The van der Waals surface area contributed by atoms with Crippen molar-refractivity contribution in [3.63, 3.8) is 0 Å². The minimum absolute atomic E-state index is 0. The van der Waals surface area contributed by atoms with E-state index in [9.17, 15) is 0 Å². The van der Waals surface area contributed by atoms with Gasteiger partial charge in [0.15, 0.2) is 0 Å². The van der Waals surface area contributed by atoms with Crippen molar-refractivity contribution >= 4 is 69.1 Å². The second kappa shape index (κ2) is 6.60. The number of hydrogen-bond acceptors (Lipinski definition) is 2. The molecule has 0 aliphatic heterocycles. The van der Waals surface area contributed by atoms with Crippen LogP contribution in [0.25, 0.3) is 6.08 Å². The van der Waals surface area contributed by atoms with E-state index in [0.717, 1.165) is 5.56 Å². The molecule has 1 rings (SSSR count). The van der Waals surface area contributed by atoms with Gasteiger partial charge in [0, 0.05) is 5.02 Å². The molecule has 4 heteroatoms. The Kier molecular flexibility index (Phi) is 6.69. The summed E-state index contributed by atoms with van der Waals surface area (Å²) in [4.78, 5) is 0. The Hall–Kier alpha value is 0.176. The SMILES string of the molecule is N#CC(N)=Cc1ccc(Cl)cc1.[KH]. The van der Waals surface area contributed by atoms with Crippen molar-refractivity contribution in [3.05, 3.63) is 40.5 Å². The van der Waals surface area contributed by atoms with Crippen LogP contribution in [0.4, 0.5) is 0 Å². The van der Waals surface area contributed by atoms with Crippen molar-refractivity contribution in [1.82, 2.24) is 0 Å². The van der Waals surface area contributed by atoms with Gasteiger partial charge in [0.1, 0.15) is 11.8 Å². The average Bonchev–Trinajstić information content (AvgIpc) is 2.09. The standard InChI is InChI=1S/C9H7ClN2.K.H/c10-8-3-1-7(2-4-8)5-9(12)6-11;;/h1-5H,12H2;;. The van der Waals surface area contributed by atoms with E-state index in [1.54, 1.807) is 30.3 Å². The Balaban J connectivity index is 0.00000144. The Labute approximate surface area is 125 Å². The number of allylic oxidation sites excluding steroid dienone is 1. The molecule has 0 aromatic heterocycles. The van der Waals surface area contributed by atoms with Gasteiger partial charge in [-0.05, 0) is 23.8 Å². The number of nitrogens with zero attached hydrogens (tertiary/aromatic N) is 1. The first-order valence-electron chi connectivity index (χ1n) is 3.35. The van der Waals surface area contributed by atoms with Gasteiger partial charge in [-0.1, -0.05) is 23.7 Å². The third kappa shape index (κ3) is 4.82. The number of halogens is 1. The van der Waals surface area contributed by atoms with E-state index >= 15 is 0 Å². The molecule has 0 saturated carbocycles. The number of rotatable bonds is 1. The first-order valence-corrected chi connectivity index (χ1v) is 3.73. The summed E-state index contributed by atoms with van der Waals surface area (Å²) < 4.78 is 0. The van der Waals surface area contributed by atoms with Gasteiger partial charge in [-0.15, -0.1) is 0 Å². The van der Waals surface area contributed by atoms with Crippen molar-refractivity contribution in [2.75, 3.05) is 0 Å². The molecule has 1 aromatic carbocycles. The topological polar surface area (TPSA) is 49.8 Å². The van der Waals surface area contributed by atoms with Gasteiger partial charge in [0.05, 0.1) is 0 Å². The Morgan fingerprint density at radius 2 is 1.92 bits per heavy atom. The zero-order valence-corrected chi connectivity index (χ0v) is 7.05. The molecule has 1 aromatic rings. The molecule has 62 valence electrons. The maximum absolute atomic E-state index is 8.38. The molecule has 0 spiro atoms. The Morgan fingerprint density at radius 3 is 2.38 bits per heavy atom. The predicted molar refractivity (Wildman–Crippen MR) is 56.4 cm³/mol. The van der Waals surface area contributed by atoms with E-state index in [1.807, 2.05) is 6.07 Å². The van der Waals surface area contributed by atoms with Crippen molar-refractivity contribution in [2.45, 2.75) is 0 Å². The third-order valence-electron chi connectivity index (χ3n) is 1.32. The normalized spacial score (nSPS) is 10.0. The van der Waals surface area contributed by atoms with Crippen molar-refractivity contribution < 1.29 is 0 Å². The monoisotopic (exact) mass is 218 g/mol. The number of nitrogens with two attached hydrogens (primary N) is 1. The molecule has 13 heavy (non-hydrogen) atoms. The Morgan fingerprint density at radius 1 is 1.38 bits per heavy atom. The van der Waals surface area contributed by atoms with Crippen LogP contribution in [-0.4, -0.2) is 51.4 Å². The molecule has 2 N–H and O–H groups in total. The molecule has 2 nitrogen and oxygen atoms in total. The predicted octanol–water partition coefficient (Wildman–Crippen LogP) is 1.51. The molecule has 0 atom stereocenters. The van der Waals surface area contributed by atoms with Crippen LogP contribution in [-0.2, 0) is 0 Å². The zero-order valence-electron chi connectivity index (χ0n) is 6.29. The molecule has 0 unspecified atom stereocenters. The van der Waals surface area contributed by atoms with E-state index in [0.29, 0.717) is 5.02 Å². The summed E-state index contributed by atoms with van der Waals surface area (Å²) in [6, 6.07) is 8.93. The van der Waals surface area contributed by atoms with E-state index in [4.69, 9.17) is 22.6 Å². The molecule has 0 radical (unpaired) electrons. The molecular weight excluding hydrogens is 211 g/mol. The maximum atomic E-state index is 8.38. The minimum atomic E-state index is 0. The van der Waals surface area contributed by atoms with Crippen LogP contribution in [0.3, 0.4) is 0 Å². The molecule has 0 heterocycles. The van der Waals surface area contributed by atoms with Gasteiger partial charge in [-0.2, -0.15) is 5.26 Å². The van der Waals surface area contributed by atoms with Crippen molar-refractivity contribution in [1.29, 1.82) is 5.26 Å². The fourth-order valence-electron chi connectivity index (χ4n) is 0.771. The summed E-state index contributed by atoms with van der Waals surface area (Å²) in [5.41, 5.74) is 6.38. The van der Waals surface area contributed by atoms with Crippen molar-refractivity contribution in [3.8, 4) is 6.07 Å². The second-order valence-electron chi connectivity index (χ2n) is 2.26.